The van der Waals surface area contributed by atoms with Crippen LogP contribution in [0.2, 0.25) is 0 Å². The number of sulfonamides is 1. The van der Waals surface area contributed by atoms with Gasteiger partial charge in [0.2, 0.25) is 10.0 Å². The van der Waals surface area contributed by atoms with Crippen molar-refractivity contribution in [2.24, 2.45) is 0 Å². The Balaban J connectivity index is 1.86. The molecule has 0 aliphatic carbocycles. The first-order chi connectivity index (χ1) is 11.1. The molecule has 0 unspecified atom stereocenters. The van der Waals surface area contributed by atoms with E-state index in [2.05, 4.69) is 30.6 Å². The van der Waals surface area contributed by atoms with E-state index in [1.807, 2.05) is 0 Å². The van der Waals surface area contributed by atoms with Crippen LogP contribution in [0.4, 0.5) is 0 Å². The zero-order chi connectivity index (χ0) is 16.3. The maximum atomic E-state index is 12.4. The first-order valence-electron chi connectivity index (χ1n) is 6.64. The number of benzene rings is 1. The highest BCUT2D eigenvalue weighted by Gasteiger charge is 2.18. The molecule has 6 nitrogen and oxygen atoms in total. The Kier molecular flexibility index (Phi) is 4.56. The molecule has 0 aliphatic heterocycles. The van der Waals surface area contributed by atoms with Gasteiger partial charge in [-0.2, -0.15) is 0 Å². The smallest absolute Gasteiger partial charge is 0.242 e. The number of nitrogens with zero attached hydrogens (tertiary/aromatic N) is 2. The standard InChI is InChI=1S/C15H12BrN3O3S/c16-12-3-1-2-4-14(12)23(20,21)19-9-13-15(18-7-6-17-13)11-5-8-22-10-11/h1-8,10,19H,9H2. The molecule has 0 radical (unpaired) electrons. The average Bonchev–Trinajstić information content (AvgIpc) is 3.08. The van der Waals surface area contributed by atoms with Crippen molar-refractivity contribution in [1.82, 2.24) is 14.7 Å². The Morgan fingerprint density at radius 1 is 1.13 bits per heavy atom. The largest absolute Gasteiger partial charge is 0.472 e. The minimum atomic E-state index is -3.66. The predicted octanol–water partition coefficient (Wildman–Crippen LogP) is 2.98. The van der Waals surface area contributed by atoms with Crippen LogP contribution >= 0.6 is 15.9 Å². The van der Waals surface area contributed by atoms with Gasteiger partial charge in [0, 0.05) is 22.4 Å². The molecule has 118 valence electrons. The number of furan rings is 1. The SMILES string of the molecule is O=S(=O)(NCc1nccnc1-c1ccoc1)c1ccccc1Br. The highest BCUT2D eigenvalue weighted by atomic mass is 79.9. The van der Waals surface area contributed by atoms with Crippen molar-refractivity contribution in [1.29, 1.82) is 0 Å². The van der Waals surface area contributed by atoms with E-state index in [4.69, 9.17) is 4.42 Å². The summed E-state index contributed by atoms with van der Waals surface area (Å²) in [5.41, 5.74) is 1.84. The molecular weight excluding hydrogens is 382 g/mol. The Bertz CT molecular complexity index is 911. The van der Waals surface area contributed by atoms with Gasteiger partial charge in [-0.05, 0) is 34.1 Å². The van der Waals surface area contributed by atoms with Crippen LogP contribution in [-0.4, -0.2) is 18.4 Å². The summed E-state index contributed by atoms with van der Waals surface area (Å²) >= 11 is 3.24. The second kappa shape index (κ2) is 6.61. The van der Waals surface area contributed by atoms with Crippen LogP contribution in [0.5, 0.6) is 0 Å². The van der Waals surface area contributed by atoms with Crippen LogP contribution in [0.25, 0.3) is 11.3 Å². The molecule has 0 saturated heterocycles. The minimum Gasteiger partial charge on any atom is -0.472 e. The highest BCUT2D eigenvalue weighted by Crippen LogP contribution is 2.23. The van der Waals surface area contributed by atoms with Crippen LogP contribution < -0.4 is 4.72 Å². The summed E-state index contributed by atoms with van der Waals surface area (Å²) in [6, 6.07) is 8.37. The molecule has 2 heterocycles. The molecule has 0 amide bonds. The van der Waals surface area contributed by atoms with Gasteiger partial charge >= 0.3 is 0 Å². The number of rotatable bonds is 5. The summed E-state index contributed by atoms with van der Waals surface area (Å²) in [7, 11) is -3.66. The van der Waals surface area contributed by atoms with E-state index >= 15 is 0 Å². The maximum absolute atomic E-state index is 12.4. The van der Waals surface area contributed by atoms with Crippen molar-refractivity contribution >= 4 is 26.0 Å². The molecule has 0 saturated carbocycles. The fourth-order valence-corrected chi connectivity index (χ4v) is 4.03. The fraction of sp³-hybridized carbons (Fsp3) is 0.0667. The molecule has 3 aromatic rings. The molecule has 2 aromatic heterocycles. The highest BCUT2D eigenvalue weighted by molar-refractivity contribution is 9.10. The number of hydrogen-bond acceptors (Lipinski definition) is 5. The Hall–Kier alpha value is -2.03. The molecule has 0 aliphatic rings. The van der Waals surface area contributed by atoms with Crippen molar-refractivity contribution in [2.75, 3.05) is 0 Å². The van der Waals surface area contributed by atoms with Gasteiger partial charge in [-0.15, -0.1) is 0 Å². The molecule has 1 aromatic carbocycles. The molecule has 8 heteroatoms. The summed E-state index contributed by atoms with van der Waals surface area (Å²) in [6.45, 7) is 0.0258. The van der Waals surface area contributed by atoms with Crippen LogP contribution in [0.15, 0.2) is 69.0 Å². The summed E-state index contributed by atoms with van der Waals surface area (Å²) in [4.78, 5) is 8.63. The van der Waals surface area contributed by atoms with E-state index < -0.39 is 10.0 Å². The van der Waals surface area contributed by atoms with Crippen molar-refractivity contribution in [2.45, 2.75) is 11.4 Å². The quantitative estimate of drug-likeness (QED) is 0.719. The lowest BCUT2D eigenvalue weighted by molar-refractivity contribution is 0.568. The van der Waals surface area contributed by atoms with E-state index in [0.29, 0.717) is 15.9 Å². The second-order valence-electron chi connectivity index (χ2n) is 4.62. The first kappa shape index (κ1) is 15.9. The number of halogens is 1. The normalized spacial score (nSPS) is 11.5. The molecule has 3 rings (SSSR count). The molecule has 0 spiro atoms. The number of hydrogen-bond donors (Lipinski definition) is 1. The lowest BCUT2D eigenvalue weighted by Crippen LogP contribution is -2.24. The zero-order valence-electron chi connectivity index (χ0n) is 11.8. The molecule has 0 atom stereocenters. The van der Waals surface area contributed by atoms with Gasteiger partial charge in [-0.25, -0.2) is 13.1 Å². The molecular formula is C15H12BrN3O3S. The van der Waals surface area contributed by atoms with E-state index in [1.54, 1.807) is 30.5 Å². The fourth-order valence-electron chi connectivity index (χ4n) is 2.04. The van der Waals surface area contributed by atoms with Gasteiger partial charge in [-0.3, -0.25) is 9.97 Å². The van der Waals surface area contributed by atoms with Gasteiger partial charge in [-0.1, -0.05) is 12.1 Å². The van der Waals surface area contributed by atoms with Crippen molar-refractivity contribution in [3.8, 4) is 11.3 Å². The average molecular weight is 394 g/mol. The number of nitrogens with one attached hydrogen (secondary N) is 1. The van der Waals surface area contributed by atoms with Crippen LogP contribution in [0.3, 0.4) is 0 Å². The lowest BCUT2D eigenvalue weighted by atomic mass is 10.2. The summed E-state index contributed by atoms with van der Waals surface area (Å²) in [5, 5.41) is 0. The number of aromatic nitrogens is 2. The summed E-state index contributed by atoms with van der Waals surface area (Å²) in [6.07, 6.45) is 6.13. The van der Waals surface area contributed by atoms with Crippen molar-refractivity contribution in [3.63, 3.8) is 0 Å². The Labute approximate surface area is 141 Å². The third-order valence-corrected chi connectivity index (χ3v) is 5.54. The molecule has 1 N–H and O–H groups in total. The summed E-state index contributed by atoms with van der Waals surface area (Å²) in [5.74, 6) is 0. The second-order valence-corrected chi connectivity index (χ2v) is 7.21. The topological polar surface area (TPSA) is 85.1 Å². The Morgan fingerprint density at radius 2 is 1.91 bits per heavy atom. The van der Waals surface area contributed by atoms with Crippen molar-refractivity contribution < 1.29 is 12.8 Å². The van der Waals surface area contributed by atoms with E-state index in [1.165, 1.54) is 24.8 Å². The summed E-state index contributed by atoms with van der Waals surface area (Å²) < 4.78 is 32.9. The first-order valence-corrected chi connectivity index (χ1v) is 8.92. The third-order valence-electron chi connectivity index (χ3n) is 3.12. The van der Waals surface area contributed by atoms with Gasteiger partial charge in [0.05, 0.1) is 35.4 Å². The van der Waals surface area contributed by atoms with Crippen LogP contribution in [0, 0.1) is 0 Å². The van der Waals surface area contributed by atoms with Gasteiger partial charge in [0.1, 0.15) is 0 Å². The Morgan fingerprint density at radius 3 is 2.65 bits per heavy atom. The van der Waals surface area contributed by atoms with E-state index in [0.717, 1.165) is 5.56 Å². The van der Waals surface area contributed by atoms with E-state index in [9.17, 15) is 8.42 Å². The van der Waals surface area contributed by atoms with Crippen LogP contribution in [0.1, 0.15) is 5.69 Å². The van der Waals surface area contributed by atoms with Crippen molar-refractivity contribution in [3.05, 3.63) is 65.4 Å². The third kappa shape index (κ3) is 3.49. The molecule has 0 fully saturated rings. The maximum Gasteiger partial charge on any atom is 0.242 e. The van der Waals surface area contributed by atoms with Gasteiger partial charge in [0.15, 0.2) is 0 Å². The molecule has 0 bridgehead atoms. The predicted molar refractivity (Wildman–Crippen MR) is 87.9 cm³/mol. The van der Waals surface area contributed by atoms with Gasteiger partial charge < -0.3 is 4.42 Å². The monoisotopic (exact) mass is 393 g/mol. The van der Waals surface area contributed by atoms with Gasteiger partial charge in [0.25, 0.3) is 0 Å². The zero-order valence-corrected chi connectivity index (χ0v) is 14.2. The minimum absolute atomic E-state index is 0.0258. The molecule has 23 heavy (non-hydrogen) atoms. The lowest BCUT2D eigenvalue weighted by Gasteiger charge is -2.09. The van der Waals surface area contributed by atoms with E-state index in [-0.39, 0.29) is 11.4 Å². The van der Waals surface area contributed by atoms with Crippen LogP contribution in [-0.2, 0) is 16.6 Å².